The predicted molar refractivity (Wildman–Crippen MR) is 53.9 cm³/mol. The number of aryl methyl sites for hydroxylation is 1. The van der Waals surface area contributed by atoms with E-state index < -0.39 is 0 Å². The van der Waals surface area contributed by atoms with Crippen molar-refractivity contribution < 1.29 is 0 Å². The van der Waals surface area contributed by atoms with E-state index in [0.29, 0.717) is 0 Å². The lowest BCUT2D eigenvalue weighted by Crippen LogP contribution is -2.25. The second-order valence-corrected chi connectivity index (χ2v) is 3.71. The van der Waals surface area contributed by atoms with Gasteiger partial charge >= 0.3 is 0 Å². The molecule has 1 aliphatic heterocycles. The molecule has 0 aliphatic carbocycles. The van der Waals surface area contributed by atoms with Gasteiger partial charge in [0.15, 0.2) is 0 Å². The maximum Gasteiger partial charge on any atom is 0.126 e. The van der Waals surface area contributed by atoms with E-state index in [-0.39, 0.29) is 0 Å². The van der Waals surface area contributed by atoms with E-state index >= 15 is 0 Å². The van der Waals surface area contributed by atoms with Gasteiger partial charge in [-0.3, -0.25) is 4.68 Å². The zero-order chi connectivity index (χ0) is 9.10. The summed E-state index contributed by atoms with van der Waals surface area (Å²) in [5, 5.41) is 4.20. The molecule has 1 aliphatic rings. The Morgan fingerprint density at radius 2 is 1.85 bits per heavy atom. The van der Waals surface area contributed by atoms with E-state index in [1.54, 1.807) is 0 Å². The summed E-state index contributed by atoms with van der Waals surface area (Å²) in [6, 6.07) is 2.10. The fourth-order valence-corrected chi connectivity index (χ4v) is 1.98. The molecule has 2 rings (SSSR count). The molecule has 0 aromatic carbocycles. The monoisotopic (exact) mass is 179 g/mol. The molecule has 0 spiro atoms. The molecule has 0 bridgehead atoms. The molecule has 1 aromatic rings. The summed E-state index contributed by atoms with van der Waals surface area (Å²) >= 11 is 0. The van der Waals surface area contributed by atoms with Crippen LogP contribution < -0.4 is 4.90 Å². The van der Waals surface area contributed by atoms with Crippen LogP contribution in [0.2, 0.25) is 0 Å². The molecule has 1 fully saturated rings. The second-order valence-electron chi connectivity index (χ2n) is 3.71. The van der Waals surface area contributed by atoms with E-state index in [4.69, 9.17) is 0 Å². The first-order chi connectivity index (χ1) is 6.38. The fraction of sp³-hybridized carbons (Fsp3) is 0.700. The first kappa shape index (κ1) is 8.60. The summed E-state index contributed by atoms with van der Waals surface area (Å²) in [4.78, 5) is 2.44. The van der Waals surface area contributed by atoms with Gasteiger partial charge < -0.3 is 4.90 Å². The average Bonchev–Trinajstić information content (AvgIpc) is 2.43. The number of rotatable bonds is 1. The zero-order valence-electron chi connectivity index (χ0n) is 8.24. The van der Waals surface area contributed by atoms with Crippen molar-refractivity contribution in [3.63, 3.8) is 0 Å². The highest BCUT2D eigenvalue weighted by molar-refractivity contribution is 5.37. The Kier molecular flexibility index (Phi) is 2.52. The van der Waals surface area contributed by atoms with Gasteiger partial charge in [-0.2, -0.15) is 5.10 Å². The highest BCUT2D eigenvalue weighted by Crippen LogP contribution is 2.17. The van der Waals surface area contributed by atoms with Crippen molar-refractivity contribution >= 4 is 5.82 Å². The van der Waals surface area contributed by atoms with Crippen LogP contribution in [0.3, 0.4) is 0 Å². The molecule has 0 atom stereocenters. The number of anilines is 1. The molecule has 72 valence electrons. The normalized spacial score (nSPS) is 18.7. The summed E-state index contributed by atoms with van der Waals surface area (Å²) in [6.07, 6.45) is 7.29. The Bertz CT molecular complexity index is 259. The third-order valence-electron chi connectivity index (χ3n) is 2.73. The molecule has 0 radical (unpaired) electrons. The minimum Gasteiger partial charge on any atom is -0.357 e. The van der Waals surface area contributed by atoms with Crippen LogP contribution in [0.25, 0.3) is 0 Å². The molecule has 3 heteroatoms. The molecular formula is C10H17N3. The van der Waals surface area contributed by atoms with Gasteiger partial charge in [-0.1, -0.05) is 12.8 Å². The summed E-state index contributed by atoms with van der Waals surface area (Å²) < 4.78 is 1.96. The van der Waals surface area contributed by atoms with E-state index in [1.807, 2.05) is 17.9 Å². The van der Waals surface area contributed by atoms with Crippen molar-refractivity contribution in [1.82, 2.24) is 9.78 Å². The highest BCUT2D eigenvalue weighted by Gasteiger charge is 2.11. The Morgan fingerprint density at radius 3 is 2.38 bits per heavy atom. The van der Waals surface area contributed by atoms with Crippen molar-refractivity contribution in [3.8, 4) is 0 Å². The molecule has 1 saturated heterocycles. The quantitative estimate of drug-likeness (QED) is 0.655. The maximum atomic E-state index is 4.20. The van der Waals surface area contributed by atoms with E-state index in [1.165, 1.54) is 44.6 Å². The number of hydrogen-bond donors (Lipinski definition) is 0. The van der Waals surface area contributed by atoms with Crippen molar-refractivity contribution in [1.29, 1.82) is 0 Å². The van der Waals surface area contributed by atoms with Crippen LogP contribution in [0.5, 0.6) is 0 Å². The molecule has 1 aromatic heterocycles. The van der Waals surface area contributed by atoms with Crippen LogP contribution in [0.1, 0.15) is 25.7 Å². The van der Waals surface area contributed by atoms with Gasteiger partial charge in [-0.25, -0.2) is 0 Å². The smallest absolute Gasteiger partial charge is 0.126 e. The molecular weight excluding hydrogens is 162 g/mol. The van der Waals surface area contributed by atoms with Gasteiger partial charge in [-0.05, 0) is 12.8 Å². The Hall–Kier alpha value is -0.990. The largest absolute Gasteiger partial charge is 0.357 e. The molecule has 0 amide bonds. The lowest BCUT2D eigenvalue weighted by Gasteiger charge is -2.21. The molecule has 2 heterocycles. The van der Waals surface area contributed by atoms with Crippen LogP contribution >= 0.6 is 0 Å². The number of nitrogens with zero attached hydrogens (tertiary/aromatic N) is 3. The summed E-state index contributed by atoms with van der Waals surface area (Å²) in [6.45, 7) is 2.39. The Morgan fingerprint density at radius 1 is 1.15 bits per heavy atom. The van der Waals surface area contributed by atoms with Crippen molar-refractivity contribution in [2.24, 2.45) is 7.05 Å². The van der Waals surface area contributed by atoms with Crippen molar-refractivity contribution in [3.05, 3.63) is 12.3 Å². The van der Waals surface area contributed by atoms with Crippen LogP contribution in [0.15, 0.2) is 12.3 Å². The van der Waals surface area contributed by atoms with Gasteiger partial charge in [-0.15, -0.1) is 0 Å². The van der Waals surface area contributed by atoms with E-state index in [9.17, 15) is 0 Å². The minimum atomic E-state index is 1.19. The second kappa shape index (κ2) is 3.81. The molecule has 0 unspecified atom stereocenters. The number of aromatic nitrogens is 2. The molecule has 3 nitrogen and oxygen atoms in total. The van der Waals surface area contributed by atoms with Gasteiger partial charge in [0.1, 0.15) is 5.82 Å². The average molecular weight is 179 g/mol. The maximum absolute atomic E-state index is 4.20. The Labute approximate surface area is 79.3 Å². The van der Waals surface area contributed by atoms with Crippen LogP contribution in [0.4, 0.5) is 5.82 Å². The fourth-order valence-electron chi connectivity index (χ4n) is 1.98. The highest BCUT2D eigenvalue weighted by atomic mass is 15.4. The third kappa shape index (κ3) is 1.85. The van der Waals surface area contributed by atoms with Gasteiger partial charge in [0, 0.05) is 26.2 Å². The summed E-state index contributed by atoms with van der Waals surface area (Å²) in [5.74, 6) is 1.27. The van der Waals surface area contributed by atoms with Crippen LogP contribution in [-0.2, 0) is 7.05 Å². The predicted octanol–water partition coefficient (Wildman–Crippen LogP) is 1.80. The van der Waals surface area contributed by atoms with Gasteiger partial charge in [0.2, 0.25) is 0 Å². The van der Waals surface area contributed by atoms with E-state index in [2.05, 4.69) is 16.1 Å². The zero-order valence-corrected chi connectivity index (χ0v) is 8.24. The lowest BCUT2D eigenvalue weighted by molar-refractivity contribution is 0.701. The first-order valence-corrected chi connectivity index (χ1v) is 5.11. The molecule has 0 N–H and O–H groups in total. The minimum absolute atomic E-state index is 1.19. The van der Waals surface area contributed by atoms with Crippen molar-refractivity contribution in [2.45, 2.75) is 25.7 Å². The molecule has 0 saturated carbocycles. The first-order valence-electron chi connectivity index (χ1n) is 5.11. The molecule has 13 heavy (non-hydrogen) atoms. The van der Waals surface area contributed by atoms with Crippen LogP contribution in [0, 0.1) is 0 Å². The van der Waals surface area contributed by atoms with Crippen LogP contribution in [-0.4, -0.2) is 22.9 Å². The topological polar surface area (TPSA) is 21.1 Å². The Balaban J connectivity index is 2.10. The standard InChI is InChI=1S/C10H17N3/c1-12-10(6-7-11-12)13-8-4-2-3-5-9-13/h6-7H,2-5,8-9H2,1H3. The van der Waals surface area contributed by atoms with Crippen molar-refractivity contribution in [2.75, 3.05) is 18.0 Å². The van der Waals surface area contributed by atoms with Gasteiger partial charge in [0.05, 0.1) is 6.20 Å². The third-order valence-corrected chi connectivity index (χ3v) is 2.73. The van der Waals surface area contributed by atoms with Gasteiger partial charge in [0.25, 0.3) is 0 Å². The van der Waals surface area contributed by atoms with E-state index in [0.717, 1.165) is 0 Å². The summed E-state index contributed by atoms with van der Waals surface area (Å²) in [5.41, 5.74) is 0. The SMILES string of the molecule is Cn1nccc1N1CCCCCC1. The lowest BCUT2D eigenvalue weighted by atomic mass is 10.2. The number of hydrogen-bond acceptors (Lipinski definition) is 2. The summed E-state index contributed by atoms with van der Waals surface area (Å²) in [7, 11) is 2.01.